The summed E-state index contributed by atoms with van der Waals surface area (Å²) in [5, 5.41) is 0. The minimum atomic E-state index is -0.333. The molecule has 0 bridgehead atoms. The maximum Gasteiger partial charge on any atom is 0.224 e. The van der Waals surface area contributed by atoms with Crippen molar-refractivity contribution in [3.8, 4) is 0 Å². The third-order valence-electron chi connectivity index (χ3n) is 1.84. The molecular formula is C9H12N2O. The molecule has 12 heavy (non-hydrogen) atoms. The van der Waals surface area contributed by atoms with Crippen molar-refractivity contribution in [2.24, 2.45) is 5.73 Å². The number of rotatable bonds is 2. The molecule has 1 unspecified atom stereocenters. The van der Waals surface area contributed by atoms with E-state index in [9.17, 15) is 4.79 Å². The number of carbonyl (C=O) groups is 1. The standard InChI is InChI=1S/C9H12N2O/c1-6(9(11)12)7-3-2-4-8(10)5-7/h2-6H,10H2,1H3,(H2,11,12). The predicted octanol–water partition coefficient (Wildman–Crippen LogP) is 0.858. The van der Waals surface area contributed by atoms with Gasteiger partial charge in [0.05, 0.1) is 5.92 Å². The number of hydrogen-bond donors (Lipinski definition) is 2. The molecule has 0 aliphatic carbocycles. The minimum absolute atomic E-state index is 0.270. The van der Waals surface area contributed by atoms with Gasteiger partial charge in [-0.1, -0.05) is 12.1 Å². The zero-order valence-corrected chi connectivity index (χ0v) is 6.95. The summed E-state index contributed by atoms with van der Waals surface area (Å²) in [4.78, 5) is 10.8. The van der Waals surface area contributed by atoms with Gasteiger partial charge in [0.2, 0.25) is 5.91 Å². The Morgan fingerprint density at radius 2 is 2.17 bits per heavy atom. The first-order valence-corrected chi connectivity index (χ1v) is 3.76. The molecule has 0 fully saturated rings. The summed E-state index contributed by atoms with van der Waals surface area (Å²) >= 11 is 0. The summed E-state index contributed by atoms with van der Waals surface area (Å²) in [6.07, 6.45) is 0. The summed E-state index contributed by atoms with van der Waals surface area (Å²) in [5.41, 5.74) is 12.2. The molecule has 3 nitrogen and oxygen atoms in total. The molecule has 0 saturated carbocycles. The van der Waals surface area contributed by atoms with Crippen LogP contribution in [0.25, 0.3) is 0 Å². The molecule has 0 aliphatic rings. The smallest absolute Gasteiger partial charge is 0.224 e. The fraction of sp³-hybridized carbons (Fsp3) is 0.222. The van der Waals surface area contributed by atoms with Crippen molar-refractivity contribution in [3.63, 3.8) is 0 Å². The fourth-order valence-electron chi connectivity index (χ4n) is 0.993. The first-order chi connectivity index (χ1) is 5.61. The zero-order chi connectivity index (χ0) is 9.14. The number of nitrogen functional groups attached to an aromatic ring is 1. The van der Waals surface area contributed by atoms with Crippen molar-refractivity contribution < 1.29 is 4.79 Å². The van der Waals surface area contributed by atoms with Gasteiger partial charge in [0.15, 0.2) is 0 Å². The van der Waals surface area contributed by atoms with Gasteiger partial charge in [0.1, 0.15) is 0 Å². The molecule has 1 atom stereocenters. The lowest BCUT2D eigenvalue weighted by molar-refractivity contribution is -0.119. The number of carbonyl (C=O) groups excluding carboxylic acids is 1. The first kappa shape index (κ1) is 8.59. The van der Waals surface area contributed by atoms with E-state index in [2.05, 4.69) is 0 Å². The Balaban J connectivity index is 2.95. The number of anilines is 1. The van der Waals surface area contributed by atoms with E-state index in [1.165, 1.54) is 0 Å². The van der Waals surface area contributed by atoms with Crippen molar-refractivity contribution in [3.05, 3.63) is 29.8 Å². The van der Waals surface area contributed by atoms with E-state index in [-0.39, 0.29) is 11.8 Å². The Kier molecular flexibility index (Phi) is 2.33. The number of benzene rings is 1. The van der Waals surface area contributed by atoms with Crippen LogP contribution < -0.4 is 11.5 Å². The second-order valence-electron chi connectivity index (χ2n) is 2.79. The highest BCUT2D eigenvalue weighted by Crippen LogP contribution is 2.16. The van der Waals surface area contributed by atoms with Crippen molar-refractivity contribution in [1.29, 1.82) is 0 Å². The zero-order valence-electron chi connectivity index (χ0n) is 6.95. The van der Waals surface area contributed by atoms with Crippen LogP contribution in [0.15, 0.2) is 24.3 Å². The van der Waals surface area contributed by atoms with Crippen LogP contribution in [-0.2, 0) is 4.79 Å². The third kappa shape index (κ3) is 1.75. The van der Waals surface area contributed by atoms with Crippen LogP contribution in [0.4, 0.5) is 5.69 Å². The highest BCUT2D eigenvalue weighted by molar-refractivity contribution is 5.81. The van der Waals surface area contributed by atoms with E-state index in [0.29, 0.717) is 5.69 Å². The van der Waals surface area contributed by atoms with Crippen molar-refractivity contribution >= 4 is 11.6 Å². The Hall–Kier alpha value is -1.51. The lowest BCUT2D eigenvalue weighted by Crippen LogP contribution is -2.18. The number of nitrogens with two attached hydrogens (primary N) is 2. The van der Waals surface area contributed by atoms with Crippen LogP contribution in [0.2, 0.25) is 0 Å². The number of amides is 1. The quantitative estimate of drug-likeness (QED) is 0.636. The van der Waals surface area contributed by atoms with Gasteiger partial charge in [-0.15, -0.1) is 0 Å². The average Bonchev–Trinajstić information content (AvgIpc) is 2.03. The Morgan fingerprint density at radius 3 is 2.67 bits per heavy atom. The molecule has 0 spiro atoms. The highest BCUT2D eigenvalue weighted by atomic mass is 16.1. The minimum Gasteiger partial charge on any atom is -0.399 e. The second-order valence-corrected chi connectivity index (χ2v) is 2.79. The van der Waals surface area contributed by atoms with Crippen molar-refractivity contribution in [1.82, 2.24) is 0 Å². The van der Waals surface area contributed by atoms with Gasteiger partial charge >= 0.3 is 0 Å². The average molecular weight is 164 g/mol. The molecule has 1 aromatic rings. The van der Waals surface area contributed by atoms with E-state index in [0.717, 1.165) is 5.56 Å². The van der Waals surface area contributed by atoms with E-state index < -0.39 is 0 Å². The lowest BCUT2D eigenvalue weighted by atomic mass is 10.0. The summed E-state index contributed by atoms with van der Waals surface area (Å²) in [7, 11) is 0. The van der Waals surface area contributed by atoms with Crippen molar-refractivity contribution in [2.45, 2.75) is 12.8 Å². The summed E-state index contributed by atoms with van der Waals surface area (Å²) in [6, 6.07) is 7.18. The Labute approximate surface area is 71.4 Å². The molecule has 4 N–H and O–H groups in total. The van der Waals surface area contributed by atoms with Gasteiger partial charge in [-0.3, -0.25) is 4.79 Å². The Morgan fingerprint density at radius 1 is 1.50 bits per heavy atom. The molecule has 1 rings (SSSR count). The van der Waals surface area contributed by atoms with Crippen LogP contribution in [-0.4, -0.2) is 5.91 Å². The molecule has 0 radical (unpaired) electrons. The molecular weight excluding hydrogens is 152 g/mol. The van der Waals surface area contributed by atoms with E-state index >= 15 is 0 Å². The van der Waals surface area contributed by atoms with Gasteiger partial charge in [-0.05, 0) is 24.6 Å². The Bertz CT molecular complexity index is 296. The van der Waals surface area contributed by atoms with Crippen LogP contribution in [0.5, 0.6) is 0 Å². The van der Waals surface area contributed by atoms with E-state index in [1.54, 1.807) is 19.1 Å². The molecule has 1 aromatic carbocycles. The molecule has 0 heterocycles. The monoisotopic (exact) mass is 164 g/mol. The van der Waals surface area contributed by atoms with Crippen molar-refractivity contribution in [2.75, 3.05) is 5.73 Å². The normalized spacial score (nSPS) is 12.4. The van der Waals surface area contributed by atoms with Gasteiger partial charge in [0.25, 0.3) is 0 Å². The summed E-state index contributed by atoms with van der Waals surface area (Å²) in [5.74, 6) is -0.603. The van der Waals surface area contributed by atoms with E-state index in [4.69, 9.17) is 11.5 Å². The maximum atomic E-state index is 10.8. The van der Waals surface area contributed by atoms with Gasteiger partial charge in [-0.25, -0.2) is 0 Å². The number of primary amides is 1. The molecule has 0 saturated heterocycles. The van der Waals surface area contributed by atoms with Gasteiger partial charge in [0, 0.05) is 5.69 Å². The van der Waals surface area contributed by atoms with Crippen LogP contribution >= 0.6 is 0 Å². The third-order valence-corrected chi connectivity index (χ3v) is 1.84. The second kappa shape index (κ2) is 3.26. The predicted molar refractivity (Wildman–Crippen MR) is 48.5 cm³/mol. The molecule has 1 amide bonds. The number of hydrogen-bond acceptors (Lipinski definition) is 2. The molecule has 0 aromatic heterocycles. The lowest BCUT2D eigenvalue weighted by Gasteiger charge is -2.07. The van der Waals surface area contributed by atoms with Crippen LogP contribution in [0.1, 0.15) is 18.4 Å². The van der Waals surface area contributed by atoms with Crippen LogP contribution in [0.3, 0.4) is 0 Å². The molecule has 0 aliphatic heterocycles. The highest BCUT2D eigenvalue weighted by Gasteiger charge is 2.10. The van der Waals surface area contributed by atoms with E-state index in [1.807, 2.05) is 12.1 Å². The summed E-state index contributed by atoms with van der Waals surface area (Å²) in [6.45, 7) is 1.76. The molecule has 3 heteroatoms. The first-order valence-electron chi connectivity index (χ1n) is 3.76. The summed E-state index contributed by atoms with van der Waals surface area (Å²) < 4.78 is 0. The topological polar surface area (TPSA) is 69.1 Å². The maximum absolute atomic E-state index is 10.8. The molecule has 64 valence electrons. The van der Waals surface area contributed by atoms with Gasteiger partial charge < -0.3 is 11.5 Å². The van der Waals surface area contributed by atoms with Gasteiger partial charge in [-0.2, -0.15) is 0 Å². The largest absolute Gasteiger partial charge is 0.399 e. The fourth-order valence-corrected chi connectivity index (χ4v) is 0.993. The SMILES string of the molecule is CC(C(N)=O)c1cccc(N)c1. The van der Waals surface area contributed by atoms with Crippen LogP contribution in [0, 0.1) is 0 Å².